The first kappa shape index (κ1) is 18.2. The van der Waals surface area contributed by atoms with Crippen molar-refractivity contribution in [3.8, 4) is 11.5 Å². The summed E-state index contributed by atoms with van der Waals surface area (Å²) in [6.45, 7) is 0. The van der Waals surface area contributed by atoms with Gasteiger partial charge in [-0.15, -0.1) is 0 Å². The summed E-state index contributed by atoms with van der Waals surface area (Å²) in [5, 5.41) is 19.0. The van der Waals surface area contributed by atoms with Crippen molar-refractivity contribution in [1.29, 1.82) is 0 Å². The smallest absolute Gasteiger partial charge is 0.298 e. The number of phenolic OH excluding ortho intramolecular Hbond substituents is 2. The van der Waals surface area contributed by atoms with Crippen molar-refractivity contribution in [2.45, 2.75) is 9.79 Å². The van der Waals surface area contributed by atoms with Crippen molar-refractivity contribution in [2.24, 2.45) is 0 Å². The third kappa shape index (κ3) is 3.66. The Hall–Kier alpha value is -0.880. The third-order valence-electron chi connectivity index (χ3n) is 2.55. The van der Waals surface area contributed by atoms with Gasteiger partial charge in [-0.05, 0) is 35.0 Å². The van der Waals surface area contributed by atoms with E-state index in [1.165, 1.54) is 0 Å². The van der Waals surface area contributed by atoms with Crippen LogP contribution in [0.3, 0.4) is 0 Å². The van der Waals surface area contributed by atoms with Crippen molar-refractivity contribution in [3.05, 3.63) is 24.3 Å². The number of phenols is 2. The molecule has 0 saturated heterocycles. The van der Waals surface area contributed by atoms with Crippen molar-refractivity contribution in [3.63, 3.8) is 0 Å². The molecule has 0 fully saturated rings. The van der Waals surface area contributed by atoms with Gasteiger partial charge in [0.05, 0.1) is 0 Å². The maximum absolute atomic E-state index is 11.0. The summed E-state index contributed by atoms with van der Waals surface area (Å²) >= 11 is 0. The topological polar surface area (TPSA) is 149 Å². The standard InChI is InChI=1S/C10H8O8S2.Na/c11-7-1-5-2-8(12)10(20(16,17)18)4-6(5)3-9(7)19(13,14)15;/h1-4,11-12H,(H,13,14,15)(H,16,17,18);. The van der Waals surface area contributed by atoms with Crippen LogP contribution in [0.5, 0.6) is 11.5 Å². The van der Waals surface area contributed by atoms with E-state index in [4.69, 9.17) is 9.11 Å². The summed E-state index contributed by atoms with van der Waals surface area (Å²) in [7, 11) is -9.42. The van der Waals surface area contributed by atoms with Crippen LogP contribution in [0.2, 0.25) is 0 Å². The zero-order valence-electron chi connectivity index (χ0n) is 10.5. The van der Waals surface area contributed by atoms with Crippen molar-refractivity contribution in [1.82, 2.24) is 0 Å². The van der Waals surface area contributed by atoms with Gasteiger partial charge >= 0.3 is 0 Å². The molecule has 0 aliphatic carbocycles. The molecule has 0 bridgehead atoms. The number of benzene rings is 2. The van der Waals surface area contributed by atoms with E-state index >= 15 is 0 Å². The summed E-state index contributed by atoms with van der Waals surface area (Å²) in [5.41, 5.74) is 0. The zero-order chi connectivity index (χ0) is 15.3. The molecule has 0 saturated carbocycles. The van der Waals surface area contributed by atoms with Gasteiger partial charge in [0.25, 0.3) is 20.2 Å². The maximum atomic E-state index is 11.0. The van der Waals surface area contributed by atoms with Crippen LogP contribution < -0.4 is 0 Å². The van der Waals surface area contributed by atoms with Gasteiger partial charge in [-0.2, -0.15) is 16.8 Å². The van der Waals surface area contributed by atoms with Gasteiger partial charge in [0, 0.05) is 29.6 Å². The predicted molar refractivity (Wildman–Crippen MR) is 72.7 cm³/mol. The average Bonchev–Trinajstić information content (AvgIpc) is 2.24. The first-order valence-corrected chi connectivity index (χ1v) is 7.83. The Balaban J connectivity index is 0.00000220. The Bertz CT molecular complexity index is 845. The molecule has 21 heavy (non-hydrogen) atoms. The minimum Gasteiger partial charge on any atom is -0.506 e. The Labute approximate surface area is 141 Å². The van der Waals surface area contributed by atoms with E-state index in [0.717, 1.165) is 24.3 Å². The van der Waals surface area contributed by atoms with Crippen molar-refractivity contribution >= 4 is 60.6 Å². The molecule has 109 valence electrons. The predicted octanol–water partition coefficient (Wildman–Crippen LogP) is 0.364. The van der Waals surface area contributed by atoms with E-state index in [1.54, 1.807) is 0 Å². The van der Waals surface area contributed by atoms with Crippen molar-refractivity contribution < 1.29 is 36.2 Å². The second-order valence-corrected chi connectivity index (χ2v) is 6.72. The summed E-state index contributed by atoms with van der Waals surface area (Å²) in [4.78, 5) is -1.64. The Morgan fingerprint density at radius 2 is 0.952 bits per heavy atom. The minimum atomic E-state index is -4.71. The van der Waals surface area contributed by atoms with Gasteiger partial charge in [-0.3, -0.25) is 9.11 Å². The monoisotopic (exact) mass is 343 g/mol. The van der Waals surface area contributed by atoms with Crippen LogP contribution in [-0.4, -0.2) is 65.7 Å². The van der Waals surface area contributed by atoms with Crippen LogP contribution >= 0.6 is 0 Å². The van der Waals surface area contributed by atoms with Crippen LogP contribution in [0.1, 0.15) is 0 Å². The number of rotatable bonds is 2. The van der Waals surface area contributed by atoms with Gasteiger partial charge in [0.1, 0.15) is 21.3 Å². The SMILES string of the molecule is O=S(=O)(O)c1cc2cc(S(=O)(=O)O)c(O)cc2cc1O.[Na]. The second-order valence-electron chi connectivity index (χ2n) is 3.94. The van der Waals surface area contributed by atoms with E-state index in [2.05, 4.69) is 0 Å². The molecule has 0 aliphatic heterocycles. The molecule has 2 aromatic carbocycles. The second kappa shape index (κ2) is 5.72. The summed E-state index contributed by atoms with van der Waals surface area (Å²) in [6, 6.07) is 3.47. The van der Waals surface area contributed by atoms with E-state index < -0.39 is 41.5 Å². The summed E-state index contributed by atoms with van der Waals surface area (Å²) in [5.74, 6) is -1.53. The molecule has 2 rings (SSSR count). The fourth-order valence-electron chi connectivity index (χ4n) is 1.70. The number of hydrogen-bond donors (Lipinski definition) is 4. The van der Waals surface area contributed by atoms with E-state index in [-0.39, 0.29) is 40.3 Å². The minimum absolute atomic E-state index is 0. The Morgan fingerprint density at radius 3 is 1.24 bits per heavy atom. The first-order valence-electron chi connectivity index (χ1n) is 4.95. The Morgan fingerprint density at radius 1 is 0.667 bits per heavy atom. The van der Waals surface area contributed by atoms with Crippen LogP contribution in [0, 0.1) is 0 Å². The molecule has 0 amide bonds. The average molecular weight is 343 g/mol. The van der Waals surface area contributed by atoms with Crippen LogP contribution in [0.15, 0.2) is 34.1 Å². The van der Waals surface area contributed by atoms with Gasteiger partial charge in [-0.1, -0.05) is 0 Å². The summed E-state index contributed by atoms with van der Waals surface area (Å²) < 4.78 is 61.9. The van der Waals surface area contributed by atoms with Gasteiger partial charge in [-0.25, -0.2) is 0 Å². The van der Waals surface area contributed by atoms with Crippen molar-refractivity contribution in [2.75, 3.05) is 0 Å². The van der Waals surface area contributed by atoms with Gasteiger partial charge in [0.15, 0.2) is 0 Å². The molecule has 0 aromatic heterocycles. The molecular weight excluding hydrogens is 335 g/mol. The largest absolute Gasteiger partial charge is 0.506 e. The number of fused-ring (bicyclic) bond motifs is 1. The number of aromatic hydroxyl groups is 2. The molecular formula is C10H8NaO8S2. The molecule has 0 atom stereocenters. The van der Waals surface area contributed by atoms with Crippen LogP contribution in [0.4, 0.5) is 0 Å². The molecule has 0 heterocycles. The van der Waals surface area contributed by atoms with Crippen LogP contribution in [-0.2, 0) is 20.2 Å². The molecule has 4 N–H and O–H groups in total. The van der Waals surface area contributed by atoms with Gasteiger partial charge < -0.3 is 10.2 Å². The Kier molecular flexibility index (Phi) is 4.95. The first-order chi connectivity index (χ1) is 9.00. The summed E-state index contributed by atoms with van der Waals surface area (Å²) in [6.07, 6.45) is 0. The maximum Gasteiger partial charge on any atom is 0.298 e. The normalized spacial score (nSPS) is 12.1. The molecule has 2 aromatic rings. The fraction of sp³-hybridized carbons (Fsp3) is 0. The number of hydrogen-bond acceptors (Lipinski definition) is 6. The quantitative estimate of drug-likeness (QED) is 0.451. The van der Waals surface area contributed by atoms with E-state index in [0.29, 0.717) is 0 Å². The molecule has 1 radical (unpaired) electrons. The molecule has 0 aliphatic rings. The third-order valence-corrected chi connectivity index (χ3v) is 4.32. The molecule has 0 spiro atoms. The van der Waals surface area contributed by atoms with Crippen LogP contribution in [0.25, 0.3) is 10.8 Å². The van der Waals surface area contributed by atoms with E-state index in [1.807, 2.05) is 0 Å². The van der Waals surface area contributed by atoms with E-state index in [9.17, 15) is 27.0 Å². The molecule has 0 unspecified atom stereocenters. The van der Waals surface area contributed by atoms with Gasteiger partial charge in [0.2, 0.25) is 0 Å². The molecule has 8 nitrogen and oxygen atoms in total. The molecule has 11 heteroatoms. The zero-order valence-corrected chi connectivity index (χ0v) is 14.2. The fourth-order valence-corrected chi connectivity index (χ4v) is 2.90.